The van der Waals surface area contributed by atoms with Crippen LogP contribution in [-0.4, -0.2) is 59.5 Å². The second kappa shape index (κ2) is 5.92. The lowest BCUT2D eigenvalue weighted by atomic mass is 10.2. The van der Waals surface area contributed by atoms with Crippen molar-refractivity contribution < 1.29 is 23.1 Å². The first kappa shape index (κ1) is 15.3. The van der Waals surface area contributed by atoms with E-state index in [-0.39, 0.29) is 17.5 Å². The molecule has 2 atom stereocenters. The van der Waals surface area contributed by atoms with Gasteiger partial charge in [-0.2, -0.15) is 0 Å². The number of thioether (sulfide) groups is 1. The molecule has 1 amide bonds. The van der Waals surface area contributed by atoms with Crippen LogP contribution in [0.4, 0.5) is 0 Å². The van der Waals surface area contributed by atoms with Gasteiger partial charge in [-0.05, 0) is 6.42 Å². The van der Waals surface area contributed by atoms with Crippen LogP contribution in [0.2, 0.25) is 0 Å². The molecule has 8 heteroatoms. The first-order valence-electron chi connectivity index (χ1n) is 5.59. The third kappa shape index (κ3) is 3.88. The number of carbonyl (C=O) groups excluding carboxylic acids is 1. The zero-order chi connectivity index (χ0) is 13.9. The van der Waals surface area contributed by atoms with Crippen molar-refractivity contribution in [3.63, 3.8) is 0 Å². The van der Waals surface area contributed by atoms with Crippen molar-refractivity contribution in [3.05, 3.63) is 0 Å². The van der Waals surface area contributed by atoms with Crippen LogP contribution in [0.5, 0.6) is 0 Å². The smallest absolute Gasteiger partial charge is 0.327 e. The molecule has 0 radical (unpaired) electrons. The van der Waals surface area contributed by atoms with Crippen LogP contribution >= 0.6 is 11.8 Å². The van der Waals surface area contributed by atoms with Gasteiger partial charge in [0.05, 0.1) is 11.1 Å². The summed E-state index contributed by atoms with van der Waals surface area (Å²) in [6, 6.07) is -0.841. The summed E-state index contributed by atoms with van der Waals surface area (Å²) in [4.78, 5) is 24.3. The third-order valence-electron chi connectivity index (χ3n) is 2.70. The zero-order valence-corrected chi connectivity index (χ0v) is 12.0. The largest absolute Gasteiger partial charge is 0.480 e. The molecular weight excluding hydrogens is 278 g/mol. The van der Waals surface area contributed by atoms with Crippen molar-refractivity contribution in [2.24, 2.45) is 0 Å². The summed E-state index contributed by atoms with van der Waals surface area (Å²) in [5.74, 6) is -1.32. The normalized spacial score (nSPS) is 24.2. The Morgan fingerprint density at radius 1 is 1.44 bits per heavy atom. The third-order valence-corrected chi connectivity index (χ3v) is 5.10. The maximum atomic E-state index is 12.0. The maximum absolute atomic E-state index is 12.0. The van der Waals surface area contributed by atoms with E-state index in [9.17, 15) is 18.0 Å². The maximum Gasteiger partial charge on any atom is 0.327 e. The number of carboxylic acids is 1. The highest BCUT2D eigenvalue weighted by atomic mass is 32.2. The average molecular weight is 295 g/mol. The van der Waals surface area contributed by atoms with Gasteiger partial charge in [-0.1, -0.05) is 6.92 Å². The van der Waals surface area contributed by atoms with Crippen molar-refractivity contribution in [3.8, 4) is 0 Å². The van der Waals surface area contributed by atoms with E-state index >= 15 is 0 Å². The van der Waals surface area contributed by atoms with Crippen LogP contribution in [0.25, 0.3) is 0 Å². The number of nitrogens with zero attached hydrogens (tertiary/aromatic N) is 1. The van der Waals surface area contributed by atoms with Crippen LogP contribution in [0.15, 0.2) is 0 Å². The highest BCUT2D eigenvalue weighted by Crippen LogP contribution is 2.31. The molecule has 0 spiro atoms. The number of rotatable bonds is 5. The van der Waals surface area contributed by atoms with Crippen molar-refractivity contribution in [2.75, 3.05) is 17.8 Å². The van der Waals surface area contributed by atoms with Gasteiger partial charge in [0.15, 0.2) is 0 Å². The Labute approximate surface area is 111 Å². The molecule has 1 heterocycles. The molecular formula is C10H17NO5S2. The molecule has 1 rings (SSSR count). The van der Waals surface area contributed by atoms with E-state index in [4.69, 9.17) is 5.11 Å². The molecule has 0 bridgehead atoms. The molecule has 1 saturated heterocycles. The van der Waals surface area contributed by atoms with E-state index < -0.39 is 27.8 Å². The number of amides is 1. The summed E-state index contributed by atoms with van der Waals surface area (Å²) in [5.41, 5.74) is 0. The van der Waals surface area contributed by atoms with Crippen LogP contribution < -0.4 is 0 Å². The fraction of sp³-hybridized carbons (Fsp3) is 0.800. The highest BCUT2D eigenvalue weighted by molar-refractivity contribution is 8.00. The standard InChI is InChI=1S/C10H17NO5S2/c1-3-9-11(7(6-17-9)10(13)14)8(12)4-5-18(2,15)16/h7,9H,3-6H2,1-2H3,(H,13,14). The number of carboxylic acid groups (broad SMARTS) is 1. The van der Waals surface area contributed by atoms with Gasteiger partial charge >= 0.3 is 5.97 Å². The van der Waals surface area contributed by atoms with Crippen molar-refractivity contribution in [1.29, 1.82) is 0 Å². The van der Waals surface area contributed by atoms with Gasteiger partial charge < -0.3 is 10.0 Å². The molecule has 1 fully saturated rings. The Bertz CT molecular complexity index is 434. The van der Waals surface area contributed by atoms with Crippen LogP contribution in [0.3, 0.4) is 0 Å². The first-order chi connectivity index (χ1) is 8.26. The van der Waals surface area contributed by atoms with Gasteiger partial charge in [0.25, 0.3) is 0 Å². The van der Waals surface area contributed by atoms with Gasteiger partial charge in [-0.3, -0.25) is 4.79 Å². The monoisotopic (exact) mass is 295 g/mol. The van der Waals surface area contributed by atoms with Crippen LogP contribution in [0, 0.1) is 0 Å². The minimum absolute atomic E-state index is 0.153. The topological polar surface area (TPSA) is 91.8 Å². The van der Waals surface area contributed by atoms with E-state index in [1.807, 2.05) is 6.92 Å². The second-order valence-electron chi connectivity index (χ2n) is 4.23. The number of aliphatic carboxylic acids is 1. The number of sulfone groups is 1. The zero-order valence-electron chi connectivity index (χ0n) is 10.3. The Balaban J connectivity index is 2.75. The molecule has 0 aromatic carbocycles. The fourth-order valence-corrected chi connectivity index (χ4v) is 3.72. The lowest BCUT2D eigenvalue weighted by Gasteiger charge is -2.26. The fourth-order valence-electron chi connectivity index (χ4n) is 1.80. The summed E-state index contributed by atoms with van der Waals surface area (Å²) >= 11 is 1.42. The van der Waals surface area contributed by atoms with E-state index in [1.54, 1.807) is 0 Å². The molecule has 1 N–H and O–H groups in total. The average Bonchev–Trinajstić information content (AvgIpc) is 2.68. The van der Waals surface area contributed by atoms with Gasteiger partial charge in [0.1, 0.15) is 15.9 Å². The highest BCUT2D eigenvalue weighted by Gasteiger charge is 2.40. The quantitative estimate of drug-likeness (QED) is 0.778. The van der Waals surface area contributed by atoms with Gasteiger partial charge in [0.2, 0.25) is 5.91 Å². The van der Waals surface area contributed by atoms with E-state index in [2.05, 4.69) is 0 Å². The van der Waals surface area contributed by atoms with Gasteiger partial charge in [-0.15, -0.1) is 11.8 Å². The van der Waals surface area contributed by atoms with Crippen molar-refractivity contribution >= 4 is 33.5 Å². The minimum Gasteiger partial charge on any atom is -0.480 e. The minimum atomic E-state index is -3.21. The predicted molar refractivity (Wildman–Crippen MR) is 69.1 cm³/mol. The Hall–Kier alpha value is -0.760. The molecule has 6 nitrogen and oxygen atoms in total. The van der Waals surface area contributed by atoms with Crippen LogP contribution in [-0.2, 0) is 19.4 Å². The molecule has 0 aromatic heterocycles. The molecule has 1 aliphatic rings. The van der Waals surface area contributed by atoms with E-state index in [0.717, 1.165) is 6.26 Å². The van der Waals surface area contributed by atoms with Crippen LogP contribution in [0.1, 0.15) is 19.8 Å². The Morgan fingerprint density at radius 3 is 2.50 bits per heavy atom. The summed E-state index contributed by atoms with van der Waals surface area (Å²) in [5, 5.41) is 8.88. The number of carbonyl (C=O) groups is 2. The van der Waals surface area contributed by atoms with Gasteiger partial charge in [0, 0.05) is 18.4 Å². The Morgan fingerprint density at radius 2 is 2.06 bits per heavy atom. The molecule has 2 unspecified atom stereocenters. The lowest BCUT2D eigenvalue weighted by molar-refractivity contribution is -0.148. The van der Waals surface area contributed by atoms with Gasteiger partial charge in [-0.25, -0.2) is 13.2 Å². The summed E-state index contributed by atoms with van der Waals surface area (Å²) in [6.45, 7) is 1.87. The second-order valence-corrected chi connectivity index (χ2v) is 7.70. The van der Waals surface area contributed by atoms with Crippen molar-refractivity contribution in [1.82, 2.24) is 4.90 Å². The summed E-state index contributed by atoms with van der Waals surface area (Å²) < 4.78 is 22.0. The predicted octanol–water partition coefficient (Wildman–Crippen LogP) is 0.186. The van der Waals surface area contributed by atoms with Crippen molar-refractivity contribution in [2.45, 2.75) is 31.2 Å². The molecule has 0 aromatic rings. The first-order valence-corrected chi connectivity index (χ1v) is 8.70. The molecule has 1 aliphatic heterocycles. The summed E-state index contributed by atoms with van der Waals surface area (Å²) in [7, 11) is -3.21. The van der Waals surface area contributed by atoms with E-state index in [1.165, 1.54) is 16.7 Å². The number of hydrogen-bond donors (Lipinski definition) is 1. The molecule has 104 valence electrons. The molecule has 0 aliphatic carbocycles. The molecule has 18 heavy (non-hydrogen) atoms. The summed E-state index contributed by atoms with van der Waals surface area (Å²) in [6.07, 6.45) is 1.56. The Kier molecular flexibility index (Phi) is 5.03. The SMILES string of the molecule is CCC1SCC(C(=O)O)N1C(=O)CCS(C)(=O)=O. The van der Waals surface area contributed by atoms with E-state index in [0.29, 0.717) is 12.2 Å². The lowest BCUT2D eigenvalue weighted by Crippen LogP contribution is -2.45. The molecule has 0 saturated carbocycles. The number of hydrogen-bond acceptors (Lipinski definition) is 5.